The molecule has 0 bridgehead atoms. The van der Waals surface area contributed by atoms with E-state index in [4.69, 9.17) is 9.97 Å². The van der Waals surface area contributed by atoms with Gasteiger partial charge in [0.15, 0.2) is 0 Å². The number of carbonyl (C=O) groups excluding carboxylic acids is 2. The molecule has 0 aliphatic carbocycles. The molecule has 7 heterocycles. The van der Waals surface area contributed by atoms with Gasteiger partial charge in [0.1, 0.15) is 23.0 Å². The van der Waals surface area contributed by atoms with E-state index in [1.54, 1.807) is 16.2 Å². The number of para-hydroxylation sites is 1. The van der Waals surface area contributed by atoms with E-state index in [9.17, 15) is 19.5 Å². The van der Waals surface area contributed by atoms with Crippen LogP contribution in [0.2, 0.25) is 0 Å². The number of pyridine rings is 2. The molecule has 2 unspecified atom stereocenters. The van der Waals surface area contributed by atoms with E-state index in [1.807, 2.05) is 37.4 Å². The quantitative estimate of drug-likeness (QED) is 0.188. The number of nitrogens with one attached hydrogen (secondary N) is 3. The number of benzene rings is 2. The maximum absolute atomic E-state index is 13.3. The van der Waals surface area contributed by atoms with Crippen molar-refractivity contribution in [2.75, 3.05) is 49.5 Å². The van der Waals surface area contributed by atoms with Crippen molar-refractivity contribution in [1.29, 1.82) is 0 Å². The van der Waals surface area contributed by atoms with Gasteiger partial charge in [0.2, 0.25) is 5.91 Å². The van der Waals surface area contributed by atoms with Gasteiger partial charge in [-0.1, -0.05) is 12.1 Å². The molecular weight excluding hydrogens is 703 g/mol. The van der Waals surface area contributed by atoms with Gasteiger partial charge in [-0.25, -0.2) is 14.8 Å². The second-order valence-corrected chi connectivity index (χ2v) is 15.8. The van der Waals surface area contributed by atoms with Crippen molar-refractivity contribution in [2.24, 2.45) is 7.05 Å². The van der Waals surface area contributed by atoms with Crippen LogP contribution in [0.4, 0.5) is 11.5 Å². The molecule has 3 aliphatic rings. The molecule has 4 N–H and O–H groups in total. The summed E-state index contributed by atoms with van der Waals surface area (Å²) < 4.78 is 4.32. The lowest BCUT2D eigenvalue weighted by atomic mass is 10.0. The third kappa shape index (κ3) is 6.07. The van der Waals surface area contributed by atoms with Crippen LogP contribution in [0.3, 0.4) is 0 Å². The third-order valence-electron chi connectivity index (χ3n) is 11.2. The van der Waals surface area contributed by atoms with Crippen LogP contribution >= 0.6 is 11.3 Å². The summed E-state index contributed by atoms with van der Waals surface area (Å²) in [6, 6.07) is 17.8. The average molecular weight is 746 g/mol. The van der Waals surface area contributed by atoms with E-state index in [0.29, 0.717) is 19.4 Å². The van der Waals surface area contributed by atoms with Crippen LogP contribution in [-0.2, 0) is 18.3 Å². The molecule has 2 aromatic carbocycles. The Morgan fingerprint density at radius 1 is 0.963 bits per heavy atom. The highest BCUT2D eigenvalue weighted by molar-refractivity contribution is 7.21. The predicted octanol–water partition coefficient (Wildman–Crippen LogP) is 4.23. The maximum Gasteiger partial charge on any atom is 0.329 e. The number of aromatic nitrogens is 4. The van der Waals surface area contributed by atoms with Gasteiger partial charge in [0.05, 0.1) is 27.9 Å². The highest BCUT2D eigenvalue weighted by Gasteiger charge is 2.32. The number of thiophene rings is 1. The number of imidazole rings is 1. The molecule has 2 saturated heterocycles. The van der Waals surface area contributed by atoms with Crippen LogP contribution < -0.4 is 26.5 Å². The molecule has 2 amide bonds. The number of amides is 2. The first-order valence-electron chi connectivity index (χ1n) is 18.8. The van der Waals surface area contributed by atoms with E-state index >= 15 is 0 Å². The van der Waals surface area contributed by atoms with Gasteiger partial charge in [-0.05, 0) is 87.2 Å². The van der Waals surface area contributed by atoms with Crippen molar-refractivity contribution in [3.63, 3.8) is 0 Å². The Bertz CT molecular complexity index is 2480. The van der Waals surface area contributed by atoms with Gasteiger partial charge in [0, 0.05) is 73.0 Å². The summed E-state index contributed by atoms with van der Waals surface area (Å²) in [5.74, 6) is 0.608. The molecule has 13 nitrogen and oxygen atoms in total. The van der Waals surface area contributed by atoms with Crippen molar-refractivity contribution in [3.05, 3.63) is 81.7 Å². The first-order chi connectivity index (χ1) is 26.2. The fourth-order valence-electron chi connectivity index (χ4n) is 8.35. The van der Waals surface area contributed by atoms with E-state index in [1.165, 1.54) is 11.3 Å². The van der Waals surface area contributed by atoms with Gasteiger partial charge >= 0.3 is 5.69 Å². The van der Waals surface area contributed by atoms with Crippen molar-refractivity contribution in [2.45, 2.75) is 50.9 Å². The zero-order valence-corrected chi connectivity index (χ0v) is 31.2. The zero-order valence-electron chi connectivity index (χ0n) is 30.3. The lowest BCUT2D eigenvalue weighted by Gasteiger charge is -2.35. The number of aliphatic hydroxyl groups is 1. The number of anilines is 2. The van der Waals surface area contributed by atoms with Gasteiger partial charge in [-0.3, -0.25) is 23.6 Å². The molecule has 54 heavy (non-hydrogen) atoms. The average Bonchev–Trinajstić information content (AvgIpc) is 3.64. The van der Waals surface area contributed by atoms with E-state index < -0.39 is 12.3 Å². The van der Waals surface area contributed by atoms with Crippen LogP contribution in [0.25, 0.3) is 43.3 Å². The molecule has 0 saturated carbocycles. The van der Waals surface area contributed by atoms with Crippen molar-refractivity contribution < 1.29 is 14.7 Å². The lowest BCUT2D eigenvalue weighted by Crippen LogP contribution is -2.47. The highest BCUT2D eigenvalue weighted by Crippen LogP contribution is 2.41. The van der Waals surface area contributed by atoms with Gasteiger partial charge in [0.25, 0.3) is 5.91 Å². The van der Waals surface area contributed by atoms with Crippen LogP contribution in [0.15, 0.2) is 65.6 Å². The van der Waals surface area contributed by atoms with E-state index in [2.05, 4.69) is 56.1 Å². The topological polar surface area (TPSA) is 150 Å². The minimum absolute atomic E-state index is 0.0302. The fraction of sp³-hybridized carbons (Fsp3) is 0.375. The molecule has 278 valence electrons. The Kier molecular flexibility index (Phi) is 8.83. The Morgan fingerprint density at radius 3 is 2.61 bits per heavy atom. The van der Waals surface area contributed by atoms with Crippen LogP contribution in [0, 0.1) is 0 Å². The van der Waals surface area contributed by atoms with Crippen LogP contribution in [-0.4, -0.2) is 92.5 Å². The molecule has 6 aromatic rings. The molecule has 3 atom stereocenters. The number of hydrogen-bond donors (Lipinski definition) is 4. The third-order valence-corrected chi connectivity index (χ3v) is 12.3. The summed E-state index contributed by atoms with van der Waals surface area (Å²) in [4.78, 5) is 54.2. The second kappa shape index (κ2) is 13.8. The number of carbonyl (C=O) groups is 2. The predicted molar refractivity (Wildman–Crippen MR) is 212 cm³/mol. The smallest absolute Gasteiger partial charge is 0.329 e. The zero-order chi connectivity index (χ0) is 37.1. The Balaban J connectivity index is 0.831. The number of nitrogens with zero attached hydrogens (tertiary/aromatic N) is 6. The molecule has 14 heteroatoms. The molecule has 2 fully saturated rings. The molecular formula is C40H43N9O4S. The van der Waals surface area contributed by atoms with Crippen molar-refractivity contribution >= 4 is 66.7 Å². The van der Waals surface area contributed by atoms with Gasteiger partial charge in [-0.2, -0.15) is 0 Å². The molecule has 0 radical (unpaired) electrons. The van der Waals surface area contributed by atoms with Crippen molar-refractivity contribution in [1.82, 2.24) is 34.6 Å². The number of rotatable bonds is 7. The highest BCUT2D eigenvalue weighted by atomic mass is 32.1. The van der Waals surface area contributed by atoms with E-state index in [0.717, 1.165) is 111 Å². The Hall–Kier alpha value is -5.31. The molecule has 9 rings (SSSR count). The number of hydrogen-bond acceptors (Lipinski definition) is 10. The largest absolute Gasteiger partial charge is 0.381 e. The Morgan fingerprint density at radius 2 is 1.81 bits per heavy atom. The van der Waals surface area contributed by atoms with Crippen LogP contribution in [0.1, 0.15) is 47.5 Å². The van der Waals surface area contributed by atoms with Crippen LogP contribution in [0.5, 0.6) is 0 Å². The number of piperazine rings is 1. The van der Waals surface area contributed by atoms with Crippen molar-refractivity contribution in [3.8, 4) is 11.3 Å². The number of aliphatic hydroxyl groups excluding tert-OH is 1. The molecule has 0 spiro atoms. The minimum Gasteiger partial charge on any atom is -0.381 e. The summed E-state index contributed by atoms with van der Waals surface area (Å²) >= 11 is 1.52. The second-order valence-electron chi connectivity index (χ2n) is 14.7. The van der Waals surface area contributed by atoms with E-state index in [-0.39, 0.29) is 23.5 Å². The normalized spacial score (nSPS) is 20.9. The Labute approximate surface area is 315 Å². The van der Waals surface area contributed by atoms with Gasteiger partial charge < -0.3 is 26.0 Å². The van der Waals surface area contributed by atoms with Gasteiger partial charge in [-0.15, -0.1) is 11.3 Å². The summed E-state index contributed by atoms with van der Waals surface area (Å²) in [6.07, 6.45) is 3.66. The SMILES string of the molecule is C[C@@H]1CNc2c(sc3ccc4nc(-c5ccc(N6CCN(CCCc7cccc8c7n(C)c(=O)n8C7CCC(O)NC7=O)CC6)nc5)ccc4c23)C(=O)N1. The summed E-state index contributed by atoms with van der Waals surface area (Å²) in [5.41, 5.74) is 6.12. The number of piperidine rings is 1. The maximum atomic E-state index is 13.3. The first kappa shape index (κ1) is 34.5. The summed E-state index contributed by atoms with van der Waals surface area (Å²) in [5, 5.41) is 21.1. The summed E-state index contributed by atoms with van der Waals surface area (Å²) in [7, 11) is 1.77. The minimum atomic E-state index is -0.862. The molecule has 3 aliphatic heterocycles. The number of fused-ring (bicyclic) bond motifs is 6. The lowest BCUT2D eigenvalue weighted by molar-refractivity contribution is -0.130. The monoisotopic (exact) mass is 745 g/mol. The summed E-state index contributed by atoms with van der Waals surface area (Å²) in [6.45, 7) is 7.28. The first-order valence-corrected chi connectivity index (χ1v) is 19.6. The fourth-order valence-corrected chi connectivity index (χ4v) is 9.45. The standard InChI is InChI=1S/C40H43N9O4S/c1-23-21-42-35-34-26-9-10-27(44-28(26)11-13-31(34)54-37(35)39(52)43-23)25-8-14-32(41-22-25)48-19-17-47(18-20-48)16-4-6-24-5-3-7-29-36(24)46(2)40(53)49(29)30-12-15-33(50)45-38(30)51/h3,5,7-11,13-14,22-23,30,33,42,50H,4,6,12,15-21H2,1-2H3,(H,43,52)(H,45,51)/t23-,30?,33?/m1/s1. The number of aryl methyl sites for hydroxylation is 2. The molecule has 4 aromatic heterocycles.